The standard InChI is InChI=1S/C42H57N6O21P3S4/c1-26(75-73-3)30-9-5-6-10-31(30)41(52)67-34-21-38(66-35(34)23-65-71(57,58)69-72(59,60)68-70(54,55)56)48-22-28(39(44)47-42(48)53)8-7-14-45-36(49)24-63-18-19-64-40(51)32-12-11-29(20-33(32)27(2)76-74-4)46-37(50)25-62-17-16-61-15-13-43/h5-6,9-12,20,22,26-27,34-35,38H,13-19,21,23-25,43H2,1-4H3,(H,45,49)(H,46,50)(H,57,58)(H,59,60)(H2,44,47,53)(H2,54,55,56)/t26?,27?,34?,35-,38-/m1/s1. The van der Waals surface area contributed by atoms with E-state index in [2.05, 4.69) is 36.1 Å². The first-order chi connectivity index (χ1) is 36.0. The second kappa shape index (κ2) is 31.7. The molecule has 2 aromatic carbocycles. The maximum absolute atomic E-state index is 13.7. The van der Waals surface area contributed by atoms with Crippen LogP contribution in [-0.4, -0.2) is 144 Å². The number of carbonyl (C=O) groups excluding carboxylic acids is 4. The van der Waals surface area contributed by atoms with Crippen molar-refractivity contribution in [2.24, 2.45) is 5.73 Å². The van der Waals surface area contributed by atoms with Crippen LogP contribution in [0.5, 0.6) is 0 Å². The molecule has 1 saturated heterocycles. The second-order valence-corrected chi connectivity index (χ2v) is 25.4. The van der Waals surface area contributed by atoms with Crippen LogP contribution < -0.4 is 27.8 Å². The van der Waals surface area contributed by atoms with E-state index in [1.165, 1.54) is 55.3 Å². The van der Waals surface area contributed by atoms with Gasteiger partial charge in [0.05, 0.1) is 56.3 Å². The molecule has 10 N–H and O–H groups in total. The number of esters is 2. The Kier molecular flexibility index (Phi) is 27.0. The summed E-state index contributed by atoms with van der Waals surface area (Å²) in [6.07, 6.45) is 0.363. The monoisotopic (exact) mass is 1200 g/mol. The number of rotatable bonds is 31. The first-order valence-corrected chi connectivity index (χ1v) is 32.0. The van der Waals surface area contributed by atoms with E-state index in [-0.39, 0.29) is 72.4 Å². The minimum absolute atomic E-state index is 0.0233. The van der Waals surface area contributed by atoms with E-state index in [9.17, 15) is 47.5 Å². The summed E-state index contributed by atoms with van der Waals surface area (Å²) in [5, 5.41) is 4.91. The normalized spacial score (nSPS) is 17.8. The van der Waals surface area contributed by atoms with Gasteiger partial charge in [-0.25, -0.2) is 28.1 Å². The van der Waals surface area contributed by atoms with Crippen LogP contribution in [0.4, 0.5) is 11.5 Å². The highest BCUT2D eigenvalue weighted by Crippen LogP contribution is 2.66. The van der Waals surface area contributed by atoms with Gasteiger partial charge < -0.3 is 70.1 Å². The number of aromatic nitrogens is 2. The van der Waals surface area contributed by atoms with Crippen molar-refractivity contribution in [3.05, 3.63) is 87.0 Å². The molecule has 0 saturated carbocycles. The number of hydrogen-bond donors (Lipinski definition) is 8. The number of ether oxygens (including phenoxy) is 6. The minimum Gasteiger partial charge on any atom is -0.460 e. The SMILES string of the molecule is CSSC(C)c1cc(NC(=O)COCCOCCN)ccc1C(=O)OCCOCC(=O)NCC#Cc1cn([C@H]2CC(OC(=O)c3ccccc3C(C)SSC)[C@@H](COP(=O)(O)OP(=O)(O)OP(=O)(O)O)O2)c(=O)nc1N. The number of carbonyl (C=O) groups is 4. The lowest BCUT2D eigenvalue weighted by Crippen LogP contribution is -2.31. The lowest BCUT2D eigenvalue weighted by atomic mass is 10.0. The predicted octanol–water partition coefficient (Wildman–Crippen LogP) is 4.10. The number of nitrogens with one attached hydrogen (secondary N) is 2. The predicted molar refractivity (Wildman–Crippen MR) is 283 cm³/mol. The molecule has 2 heterocycles. The van der Waals surface area contributed by atoms with Crippen molar-refractivity contribution >= 4 is 102 Å². The number of hydrogen-bond acceptors (Lipinski definition) is 24. The zero-order valence-corrected chi connectivity index (χ0v) is 47.0. The Morgan fingerprint density at radius 2 is 1.50 bits per heavy atom. The van der Waals surface area contributed by atoms with E-state index >= 15 is 0 Å². The largest absolute Gasteiger partial charge is 0.490 e. The summed E-state index contributed by atoms with van der Waals surface area (Å²) in [4.78, 5) is 106. The third-order valence-electron chi connectivity index (χ3n) is 9.80. The third kappa shape index (κ3) is 22.1. The molecule has 34 heteroatoms. The van der Waals surface area contributed by atoms with Gasteiger partial charge in [-0.05, 0) is 61.8 Å². The van der Waals surface area contributed by atoms with Crippen molar-refractivity contribution in [1.82, 2.24) is 14.9 Å². The van der Waals surface area contributed by atoms with Crippen molar-refractivity contribution in [2.75, 3.05) is 89.5 Å². The van der Waals surface area contributed by atoms with Crippen molar-refractivity contribution in [1.29, 1.82) is 0 Å². The fourth-order valence-corrected chi connectivity index (χ4v) is 13.2. The number of benzene rings is 2. The van der Waals surface area contributed by atoms with Crippen LogP contribution in [0.2, 0.25) is 0 Å². The number of nitrogen functional groups attached to an aromatic ring is 1. The molecule has 7 atom stereocenters. The maximum Gasteiger partial charge on any atom is 0.490 e. The van der Waals surface area contributed by atoms with Crippen molar-refractivity contribution in [2.45, 2.75) is 49.2 Å². The first kappa shape index (κ1) is 64.7. The number of nitrogens with two attached hydrogens (primary N) is 2. The van der Waals surface area contributed by atoms with Gasteiger partial charge in [-0.1, -0.05) is 73.2 Å². The van der Waals surface area contributed by atoms with Crippen LogP contribution in [0.15, 0.2) is 53.5 Å². The number of phosphoric ester groups is 1. The van der Waals surface area contributed by atoms with Gasteiger partial charge in [0.25, 0.3) is 0 Å². The molecular formula is C42H57N6O21P3S4. The number of amides is 2. The highest BCUT2D eigenvalue weighted by atomic mass is 33.1. The quantitative estimate of drug-likeness (QED) is 0.0148. The molecule has 0 aliphatic carbocycles. The van der Waals surface area contributed by atoms with E-state index in [1.807, 2.05) is 26.4 Å². The molecule has 27 nitrogen and oxygen atoms in total. The van der Waals surface area contributed by atoms with Gasteiger partial charge in [0.1, 0.15) is 44.1 Å². The van der Waals surface area contributed by atoms with Crippen LogP contribution in [-0.2, 0) is 64.9 Å². The lowest BCUT2D eigenvalue weighted by molar-refractivity contribution is -0.125. The lowest BCUT2D eigenvalue weighted by Gasteiger charge is -2.22. The van der Waals surface area contributed by atoms with Crippen LogP contribution >= 0.6 is 66.6 Å². The molecule has 1 aromatic heterocycles. The highest BCUT2D eigenvalue weighted by molar-refractivity contribution is 8.76. The van der Waals surface area contributed by atoms with Gasteiger partial charge in [-0.3, -0.25) is 18.7 Å². The van der Waals surface area contributed by atoms with Gasteiger partial charge >= 0.3 is 41.1 Å². The molecule has 1 aliphatic rings. The second-order valence-electron chi connectivity index (χ2n) is 15.4. The molecule has 2 amide bonds. The van der Waals surface area contributed by atoms with E-state index in [1.54, 1.807) is 30.3 Å². The Hall–Kier alpha value is -3.83. The number of phosphoric acid groups is 3. The maximum atomic E-state index is 13.7. The van der Waals surface area contributed by atoms with Gasteiger partial charge in [-0.2, -0.15) is 13.6 Å². The highest BCUT2D eigenvalue weighted by Gasteiger charge is 2.45. The Morgan fingerprint density at radius 3 is 2.18 bits per heavy atom. The summed E-state index contributed by atoms with van der Waals surface area (Å²) in [6.45, 7) is 2.78. The van der Waals surface area contributed by atoms with Crippen LogP contribution in [0, 0.1) is 11.8 Å². The minimum atomic E-state index is -5.89. The van der Waals surface area contributed by atoms with Crippen LogP contribution in [0.25, 0.3) is 0 Å². The van der Waals surface area contributed by atoms with E-state index in [0.717, 1.165) is 10.8 Å². The molecule has 420 valence electrons. The summed E-state index contributed by atoms with van der Waals surface area (Å²) >= 11 is 0. The molecule has 76 heavy (non-hydrogen) atoms. The molecule has 0 radical (unpaired) electrons. The van der Waals surface area contributed by atoms with Gasteiger partial charge in [0.2, 0.25) is 11.8 Å². The van der Waals surface area contributed by atoms with E-state index < -0.39 is 84.6 Å². The van der Waals surface area contributed by atoms with Gasteiger partial charge in [0.15, 0.2) is 0 Å². The van der Waals surface area contributed by atoms with Gasteiger partial charge in [0, 0.05) is 35.3 Å². The molecule has 1 aliphatic heterocycles. The molecule has 4 rings (SSSR count). The summed E-state index contributed by atoms with van der Waals surface area (Å²) in [6, 6.07) is 11.3. The molecule has 5 unspecified atom stereocenters. The zero-order chi connectivity index (χ0) is 56.1. The molecule has 0 spiro atoms. The fourth-order valence-electron chi connectivity index (χ4n) is 6.63. The van der Waals surface area contributed by atoms with E-state index in [4.69, 9.17) is 54.2 Å². The van der Waals surface area contributed by atoms with Crippen LogP contribution in [0.1, 0.15) is 74.4 Å². The van der Waals surface area contributed by atoms with E-state index in [0.29, 0.717) is 36.6 Å². The zero-order valence-electron chi connectivity index (χ0n) is 41.0. The Labute approximate surface area is 451 Å². The van der Waals surface area contributed by atoms with Gasteiger partial charge in [-0.15, -0.1) is 0 Å². The third-order valence-corrected chi connectivity index (χ3v) is 18.0. The average molecular weight is 1200 g/mol. The molecular weight excluding hydrogens is 1150 g/mol. The molecule has 3 aromatic rings. The summed E-state index contributed by atoms with van der Waals surface area (Å²) < 4.78 is 82.0. The summed E-state index contributed by atoms with van der Waals surface area (Å²) in [5.41, 5.74) is 12.5. The van der Waals surface area contributed by atoms with Crippen molar-refractivity contribution < 1.29 is 94.0 Å². The fraction of sp³-hybridized carbons (Fsp3) is 0.476. The Balaban J connectivity index is 1.36. The number of anilines is 2. The topological polar surface area (TPSA) is 394 Å². The Bertz CT molecular complexity index is 2750. The molecule has 1 fully saturated rings. The smallest absolute Gasteiger partial charge is 0.460 e. The number of nitrogens with zero attached hydrogens (tertiary/aromatic N) is 2. The summed E-state index contributed by atoms with van der Waals surface area (Å²) in [5.74, 6) is 2.54. The van der Waals surface area contributed by atoms with Crippen molar-refractivity contribution in [3.8, 4) is 11.8 Å². The van der Waals surface area contributed by atoms with Crippen LogP contribution in [0.3, 0.4) is 0 Å². The molecule has 0 bridgehead atoms. The first-order valence-electron chi connectivity index (χ1n) is 22.3. The Morgan fingerprint density at radius 1 is 0.855 bits per heavy atom. The summed E-state index contributed by atoms with van der Waals surface area (Å²) in [7, 11) is -11.3. The average Bonchev–Trinajstić information content (AvgIpc) is 3.74. The van der Waals surface area contributed by atoms with Crippen molar-refractivity contribution in [3.63, 3.8) is 0 Å².